The standard InChI is InChI=1S/C65H126O17P2/c1-6-9-12-15-18-20-21-22-26-30-34-39-44-49-63(68)76-55-61(82-65(70)51-46-41-36-31-27-24-23-25-29-33-37-42-47-58(4)5)57-80-84(73,74)78-53-59(66)52-77-83(71,72)79-56-60(54-75-62(67)48-43-38-32-17-14-11-8-3)81-64(69)50-45-40-35-28-19-16-13-10-7-2/h58-61,66H,6-57H2,1-5H3,(H,71,72)(H,73,74)/t59-,60+,61+/m0/s1. The third-order valence-corrected chi connectivity index (χ3v) is 16.9. The maximum Gasteiger partial charge on any atom is 0.472 e. The van der Waals surface area contributed by atoms with Gasteiger partial charge in [-0.1, -0.05) is 279 Å². The summed E-state index contributed by atoms with van der Waals surface area (Å²) in [7, 11) is -9.88. The Labute approximate surface area is 511 Å². The van der Waals surface area contributed by atoms with Crippen LogP contribution in [0.5, 0.6) is 0 Å². The molecule has 498 valence electrons. The minimum atomic E-state index is -4.94. The van der Waals surface area contributed by atoms with E-state index in [9.17, 15) is 43.2 Å². The van der Waals surface area contributed by atoms with Gasteiger partial charge in [0, 0.05) is 25.7 Å². The minimum absolute atomic E-state index is 0.105. The largest absolute Gasteiger partial charge is 0.472 e. The number of carbonyl (C=O) groups excluding carboxylic acids is 4. The Hall–Kier alpha value is -1.94. The Balaban J connectivity index is 5.20. The molecule has 0 bridgehead atoms. The van der Waals surface area contributed by atoms with Gasteiger partial charge in [0.2, 0.25) is 0 Å². The second-order valence-corrected chi connectivity index (χ2v) is 26.9. The fourth-order valence-electron chi connectivity index (χ4n) is 9.76. The highest BCUT2D eigenvalue weighted by atomic mass is 31.2. The minimum Gasteiger partial charge on any atom is -0.462 e. The van der Waals surface area contributed by atoms with Crippen molar-refractivity contribution in [2.45, 2.75) is 348 Å². The number of phosphoric acid groups is 2. The lowest BCUT2D eigenvalue weighted by Crippen LogP contribution is -2.30. The van der Waals surface area contributed by atoms with Gasteiger partial charge in [0.05, 0.1) is 26.4 Å². The number of aliphatic hydroxyl groups excluding tert-OH is 1. The summed E-state index contributed by atoms with van der Waals surface area (Å²) in [5.74, 6) is -1.36. The fraction of sp³-hybridized carbons (Fsp3) is 0.938. The van der Waals surface area contributed by atoms with Crippen molar-refractivity contribution in [1.82, 2.24) is 0 Å². The van der Waals surface area contributed by atoms with E-state index < -0.39 is 97.5 Å². The van der Waals surface area contributed by atoms with Gasteiger partial charge in [0.15, 0.2) is 12.2 Å². The molecule has 5 atom stereocenters. The average molecular weight is 1240 g/mol. The third kappa shape index (κ3) is 59.0. The predicted molar refractivity (Wildman–Crippen MR) is 335 cm³/mol. The molecule has 0 aliphatic rings. The van der Waals surface area contributed by atoms with E-state index in [2.05, 4.69) is 34.6 Å². The third-order valence-electron chi connectivity index (χ3n) is 15.0. The molecule has 0 rings (SSSR count). The van der Waals surface area contributed by atoms with Crippen molar-refractivity contribution >= 4 is 39.5 Å². The van der Waals surface area contributed by atoms with Crippen LogP contribution in [0.3, 0.4) is 0 Å². The molecule has 0 spiro atoms. The molecule has 3 N–H and O–H groups in total. The van der Waals surface area contributed by atoms with Crippen molar-refractivity contribution in [1.29, 1.82) is 0 Å². The van der Waals surface area contributed by atoms with Gasteiger partial charge in [0.25, 0.3) is 0 Å². The Morgan fingerprint density at radius 3 is 0.810 bits per heavy atom. The van der Waals surface area contributed by atoms with Gasteiger partial charge in [-0.3, -0.25) is 37.3 Å². The fourth-order valence-corrected chi connectivity index (χ4v) is 11.3. The Morgan fingerprint density at radius 1 is 0.321 bits per heavy atom. The highest BCUT2D eigenvalue weighted by molar-refractivity contribution is 7.47. The van der Waals surface area contributed by atoms with Gasteiger partial charge in [-0.2, -0.15) is 0 Å². The zero-order valence-electron chi connectivity index (χ0n) is 54.0. The molecule has 0 aromatic carbocycles. The topological polar surface area (TPSA) is 237 Å². The molecule has 0 saturated heterocycles. The SMILES string of the molecule is CCCCCCCCCCCCCCCC(=O)OC[C@H](COP(=O)(O)OC[C@@H](O)COP(=O)(O)OC[C@@H](COC(=O)CCCCCCCCC)OC(=O)CCCCCCCCCCC)OC(=O)CCCCCCCCCCCCCCC(C)C. The summed E-state index contributed by atoms with van der Waals surface area (Å²) >= 11 is 0. The Kier molecular flexibility index (Phi) is 57.4. The molecule has 0 amide bonds. The molecule has 19 heteroatoms. The smallest absolute Gasteiger partial charge is 0.462 e. The Bertz CT molecular complexity index is 1640. The molecular weight excluding hydrogens is 1110 g/mol. The zero-order chi connectivity index (χ0) is 62.0. The second-order valence-electron chi connectivity index (χ2n) is 24.0. The molecule has 84 heavy (non-hydrogen) atoms. The summed E-state index contributed by atoms with van der Waals surface area (Å²) in [5.41, 5.74) is 0. The second kappa shape index (κ2) is 58.7. The molecule has 0 aromatic rings. The highest BCUT2D eigenvalue weighted by Gasteiger charge is 2.30. The first kappa shape index (κ1) is 82.1. The summed E-state index contributed by atoms with van der Waals surface area (Å²) in [6.45, 7) is 7.16. The average Bonchev–Trinajstić information content (AvgIpc) is 3.57. The van der Waals surface area contributed by atoms with E-state index in [1.807, 2.05) is 0 Å². The number of esters is 4. The van der Waals surface area contributed by atoms with E-state index in [-0.39, 0.29) is 25.7 Å². The number of hydrogen-bond donors (Lipinski definition) is 3. The number of carbonyl (C=O) groups is 4. The maximum atomic E-state index is 13.0. The van der Waals surface area contributed by atoms with Crippen LogP contribution in [0.1, 0.15) is 330 Å². The molecule has 0 heterocycles. The molecule has 0 aliphatic carbocycles. The number of unbranched alkanes of at least 4 members (excludes halogenated alkanes) is 37. The van der Waals surface area contributed by atoms with E-state index in [1.165, 1.54) is 141 Å². The molecule has 0 saturated carbocycles. The van der Waals surface area contributed by atoms with E-state index in [0.29, 0.717) is 25.7 Å². The molecule has 0 fully saturated rings. The predicted octanol–water partition coefficient (Wildman–Crippen LogP) is 18.2. The van der Waals surface area contributed by atoms with Gasteiger partial charge < -0.3 is 33.8 Å². The van der Waals surface area contributed by atoms with Crippen LogP contribution in [0.25, 0.3) is 0 Å². The maximum absolute atomic E-state index is 13.0. The number of rotatable bonds is 65. The van der Waals surface area contributed by atoms with Crippen molar-refractivity contribution in [2.24, 2.45) is 5.92 Å². The first-order valence-corrected chi connectivity index (χ1v) is 37.1. The number of aliphatic hydroxyl groups is 1. The molecule has 17 nitrogen and oxygen atoms in total. The lowest BCUT2D eigenvalue weighted by atomic mass is 10.0. The van der Waals surface area contributed by atoms with Crippen LogP contribution in [0.2, 0.25) is 0 Å². The quantitative estimate of drug-likeness (QED) is 0.0222. The lowest BCUT2D eigenvalue weighted by Gasteiger charge is -2.21. The summed E-state index contributed by atoms with van der Waals surface area (Å²) in [5, 5.41) is 10.5. The van der Waals surface area contributed by atoms with Gasteiger partial charge in [-0.05, 0) is 31.6 Å². The van der Waals surface area contributed by atoms with Crippen LogP contribution in [-0.4, -0.2) is 96.7 Å². The van der Waals surface area contributed by atoms with E-state index in [0.717, 1.165) is 109 Å². The normalized spacial score (nSPS) is 14.2. The van der Waals surface area contributed by atoms with E-state index in [4.69, 9.17) is 37.0 Å². The first-order valence-electron chi connectivity index (χ1n) is 34.1. The lowest BCUT2D eigenvalue weighted by molar-refractivity contribution is -0.161. The van der Waals surface area contributed by atoms with Crippen LogP contribution < -0.4 is 0 Å². The molecule has 0 radical (unpaired) electrons. The van der Waals surface area contributed by atoms with Crippen molar-refractivity contribution in [3.05, 3.63) is 0 Å². The van der Waals surface area contributed by atoms with Crippen molar-refractivity contribution in [3.8, 4) is 0 Å². The van der Waals surface area contributed by atoms with Crippen LogP contribution >= 0.6 is 15.6 Å². The van der Waals surface area contributed by atoms with Crippen LogP contribution in [0.15, 0.2) is 0 Å². The van der Waals surface area contributed by atoms with Crippen molar-refractivity contribution < 1.29 is 80.2 Å². The van der Waals surface area contributed by atoms with Crippen LogP contribution in [0, 0.1) is 5.92 Å². The first-order chi connectivity index (χ1) is 40.5. The molecular formula is C65H126O17P2. The summed E-state index contributed by atoms with van der Waals surface area (Å²) < 4.78 is 67.9. The number of ether oxygens (including phenoxy) is 4. The number of hydrogen-bond acceptors (Lipinski definition) is 15. The summed E-state index contributed by atoms with van der Waals surface area (Å²) in [6, 6.07) is 0. The summed E-state index contributed by atoms with van der Waals surface area (Å²) in [6.07, 6.45) is 43.1. The molecule has 0 aromatic heterocycles. The van der Waals surface area contributed by atoms with Crippen LogP contribution in [0.4, 0.5) is 0 Å². The van der Waals surface area contributed by atoms with Gasteiger partial charge in [-0.15, -0.1) is 0 Å². The zero-order valence-corrected chi connectivity index (χ0v) is 55.8. The monoisotopic (exact) mass is 1240 g/mol. The molecule has 0 aliphatic heterocycles. The van der Waals surface area contributed by atoms with Crippen molar-refractivity contribution in [2.75, 3.05) is 39.6 Å². The highest BCUT2D eigenvalue weighted by Crippen LogP contribution is 2.45. The van der Waals surface area contributed by atoms with Gasteiger partial charge in [-0.25, -0.2) is 9.13 Å². The van der Waals surface area contributed by atoms with E-state index >= 15 is 0 Å². The van der Waals surface area contributed by atoms with Crippen molar-refractivity contribution in [3.63, 3.8) is 0 Å². The van der Waals surface area contributed by atoms with E-state index in [1.54, 1.807) is 0 Å². The Morgan fingerprint density at radius 2 is 0.548 bits per heavy atom. The molecule has 2 unspecified atom stereocenters. The van der Waals surface area contributed by atoms with Crippen LogP contribution in [-0.2, 0) is 65.4 Å². The van der Waals surface area contributed by atoms with Gasteiger partial charge >= 0.3 is 39.5 Å². The number of phosphoric ester groups is 2. The van der Waals surface area contributed by atoms with Gasteiger partial charge in [0.1, 0.15) is 19.3 Å². The summed E-state index contributed by atoms with van der Waals surface area (Å²) in [4.78, 5) is 72.1.